The number of carbonyl (C=O) groups excluding carboxylic acids is 2. The maximum atomic E-state index is 12.7. The van der Waals surface area contributed by atoms with E-state index in [4.69, 9.17) is 5.11 Å². The molecule has 0 aliphatic rings. The number of phenols is 1. The van der Waals surface area contributed by atoms with Gasteiger partial charge < -0.3 is 21.1 Å². The van der Waals surface area contributed by atoms with Crippen molar-refractivity contribution >= 4 is 17.6 Å². The molecule has 3 amide bonds. The molecule has 4 N–H and O–H groups in total. The number of rotatable bonds is 5. The van der Waals surface area contributed by atoms with Gasteiger partial charge in [-0.05, 0) is 42.0 Å². The molecule has 0 bridgehead atoms. The second kappa shape index (κ2) is 7.79. The number of aromatic hydroxyl groups is 1. The van der Waals surface area contributed by atoms with Gasteiger partial charge in [0.15, 0.2) is 0 Å². The summed E-state index contributed by atoms with van der Waals surface area (Å²) in [6.07, 6.45) is 0. The van der Waals surface area contributed by atoms with Gasteiger partial charge in [-0.25, -0.2) is 9.18 Å². The normalized spacial score (nSPS) is 9.96. The van der Waals surface area contributed by atoms with Crippen molar-refractivity contribution in [1.29, 1.82) is 0 Å². The zero-order valence-corrected chi connectivity index (χ0v) is 12.2. The summed E-state index contributed by atoms with van der Waals surface area (Å²) in [5, 5.41) is 16.7. The number of nitrogens with one attached hydrogen (secondary N) is 3. The molecule has 6 nitrogen and oxygen atoms in total. The monoisotopic (exact) mass is 317 g/mol. The van der Waals surface area contributed by atoms with Crippen LogP contribution in [0.1, 0.15) is 5.56 Å². The van der Waals surface area contributed by atoms with Crippen molar-refractivity contribution in [3.05, 3.63) is 59.9 Å². The molecule has 0 aromatic heterocycles. The number of phenolic OH excluding ortho intramolecular Hbond substituents is 1. The fourth-order valence-electron chi connectivity index (χ4n) is 1.76. The van der Waals surface area contributed by atoms with E-state index in [-0.39, 0.29) is 24.7 Å². The van der Waals surface area contributed by atoms with Crippen LogP contribution in [0.2, 0.25) is 0 Å². The Morgan fingerprint density at radius 2 is 1.61 bits per heavy atom. The van der Waals surface area contributed by atoms with Crippen LogP contribution in [0, 0.1) is 5.82 Å². The smallest absolute Gasteiger partial charge is 0.315 e. The summed E-state index contributed by atoms with van der Waals surface area (Å²) in [6, 6.07) is 11.2. The lowest BCUT2D eigenvalue weighted by Gasteiger charge is -2.08. The molecule has 0 saturated heterocycles. The van der Waals surface area contributed by atoms with Crippen molar-refractivity contribution in [2.24, 2.45) is 0 Å². The first-order valence-corrected chi connectivity index (χ1v) is 6.88. The molecule has 0 saturated carbocycles. The highest BCUT2D eigenvalue weighted by Crippen LogP contribution is 2.13. The van der Waals surface area contributed by atoms with Crippen LogP contribution in [0.5, 0.6) is 5.75 Å². The van der Waals surface area contributed by atoms with Crippen LogP contribution >= 0.6 is 0 Å². The van der Waals surface area contributed by atoms with Crippen LogP contribution in [0.3, 0.4) is 0 Å². The van der Waals surface area contributed by atoms with Crippen molar-refractivity contribution in [2.45, 2.75) is 6.54 Å². The summed E-state index contributed by atoms with van der Waals surface area (Å²) in [5.41, 5.74) is 1.26. The van der Waals surface area contributed by atoms with Crippen molar-refractivity contribution in [3.63, 3.8) is 0 Å². The van der Waals surface area contributed by atoms with E-state index in [0.717, 1.165) is 5.56 Å². The van der Waals surface area contributed by atoms with Crippen LogP contribution < -0.4 is 16.0 Å². The second-order valence-electron chi connectivity index (χ2n) is 4.76. The predicted molar refractivity (Wildman–Crippen MR) is 83.4 cm³/mol. The SMILES string of the molecule is O=C(CNC(=O)NCc1ccc(F)cc1)Nc1ccc(O)cc1. The van der Waals surface area contributed by atoms with E-state index in [0.29, 0.717) is 5.69 Å². The predicted octanol–water partition coefficient (Wildman–Crippen LogP) is 1.97. The number of halogens is 1. The number of amides is 3. The summed E-state index contributed by atoms with van der Waals surface area (Å²) >= 11 is 0. The Kier molecular flexibility index (Phi) is 5.51. The Bertz CT molecular complexity index is 672. The maximum Gasteiger partial charge on any atom is 0.315 e. The first-order valence-electron chi connectivity index (χ1n) is 6.88. The molecule has 0 radical (unpaired) electrons. The molecule has 0 spiro atoms. The third-order valence-electron chi connectivity index (χ3n) is 2.93. The standard InChI is InChI=1S/C16H16FN3O3/c17-12-3-1-11(2-4-12)9-18-16(23)19-10-15(22)20-13-5-7-14(21)8-6-13/h1-8,21H,9-10H2,(H,20,22)(H2,18,19,23). The van der Waals surface area contributed by atoms with Crippen molar-refractivity contribution in [3.8, 4) is 5.75 Å². The maximum absolute atomic E-state index is 12.7. The van der Waals surface area contributed by atoms with Crippen LogP contribution in [-0.2, 0) is 11.3 Å². The Labute approximate surface area is 132 Å². The summed E-state index contributed by atoms with van der Waals surface area (Å²) in [7, 11) is 0. The lowest BCUT2D eigenvalue weighted by atomic mass is 10.2. The molecule has 0 fully saturated rings. The van der Waals surface area contributed by atoms with Gasteiger partial charge in [-0.1, -0.05) is 12.1 Å². The van der Waals surface area contributed by atoms with Crippen molar-refractivity contribution < 1.29 is 19.1 Å². The number of benzene rings is 2. The fraction of sp³-hybridized carbons (Fsp3) is 0.125. The van der Waals surface area contributed by atoms with E-state index in [9.17, 15) is 14.0 Å². The van der Waals surface area contributed by atoms with E-state index in [2.05, 4.69) is 16.0 Å². The first kappa shape index (κ1) is 16.3. The van der Waals surface area contributed by atoms with Crippen molar-refractivity contribution in [1.82, 2.24) is 10.6 Å². The molecule has 120 valence electrons. The minimum absolute atomic E-state index is 0.0984. The Hall–Kier alpha value is -3.09. The molecular formula is C16H16FN3O3. The highest BCUT2D eigenvalue weighted by molar-refractivity contribution is 5.94. The van der Waals surface area contributed by atoms with Crippen LogP contribution in [0.25, 0.3) is 0 Å². The molecule has 7 heteroatoms. The summed E-state index contributed by atoms with van der Waals surface area (Å²) in [5.74, 6) is -0.641. The van der Waals surface area contributed by atoms with E-state index >= 15 is 0 Å². The summed E-state index contributed by atoms with van der Waals surface area (Å²) < 4.78 is 12.7. The van der Waals surface area contributed by atoms with Gasteiger partial charge in [0.2, 0.25) is 5.91 Å². The molecule has 2 aromatic rings. The van der Waals surface area contributed by atoms with E-state index in [1.54, 1.807) is 24.3 Å². The van der Waals surface area contributed by atoms with Gasteiger partial charge in [0.25, 0.3) is 0 Å². The molecule has 0 aliphatic carbocycles. The van der Waals surface area contributed by atoms with Crippen LogP contribution in [0.4, 0.5) is 14.9 Å². The Morgan fingerprint density at radius 1 is 0.957 bits per heavy atom. The highest BCUT2D eigenvalue weighted by Gasteiger charge is 2.06. The van der Waals surface area contributed by atoms with Gasteiger partial charge in [-0.3, -0.25) is 4.79 Å². The van der Waals surface area contributed by atoms with E-state index < -0.39 is 11.9 Å². The fourth-order valence-corrected chi connectivity index (χ4v) is 1.76. The Morgan fingerprint density at radius 3 is 2.26 bits per heavy atom. The van der Waals surface area contributed by atoms with Gasteiger partial charge in [0.05, 0.1) is 6.54 Å². The zero-order valence-electron chi connectivity index (χ0n) is 12.2. The molecule has 0 heterocycles. The van der Waals surface area contributed by atoms with Gasteiger partial charge in [-0.2, -0.15) is 0 Å². The summed E-state index contributed by atoms with van der Waals surface area (Å²) in [6.45, 7) is 0.0296. The third-order valence-corrected chi connectivity index (χ3v) is 2.93. The van der Waals surface area contributed by atoms with E-state index in [1.165, 1.54) is 24.3 Å². The lowest BCUT2D eigenvalue weighted by molar-refractivity contribution is -0.115. The molecule has 0 aliphatic heterocycles. The second-order valence-corrected chi connectivity index (χ2v) is 4.76. The molecular weight excluding hydrogens is 301 g/mol. The topological polar surface area (TPSA) is 90.5 Å². The lowest BCUT2D eigenvalue weighted by Crippen LogP contribution is -2.39. The van der Waals surface area contributed by atoms with Gasteiger partial charge in [0.1, 0.15) is 11.6 Å². The number of anilines is 1. The average molecular weight is 317 g/mol. The first-order chi connectivity index (χ1) is 11.0. The number of hydrogen-bond donors (Lipinski definition) is 4. The molecule has 0 unspecified atom stereocenters. The minimum atomic E-state index is -0.504. The highest BCUT2D eigenvalue weighted by atomic mass is 19.1. The average Bonchev–Trinajstić information content (AvgIpc) is 2.54. The quantitative estimate of drug-likeness (QED) is 0.636. The number of urea groups is 1. The van der Waals surface area contributed by atoms with E-state index in [1.807, 2.05) is 0 Å². The van der Waals surface area contributed by atoms with Gasteiger partial charge in [-0.15, -0.1) is 0 Å². The third kappa shape index (κ3) is 5.66. The van der Waals surface area contributed by atoms with Crippen LogP contribution in [-0.4, -0.2) is 23.6 Å². The largest absolute Gasteiger partial charge is 0.508 e. The zero-order chi connectivity index (χ0) is 16.7. The van der Waals surface area contributed by atoms with Gasteiger partial charge in [0, 0.05) is 12.2 Å². The van der Waals surface area contributed by atoms with Crippen LogP contribution in [0.15, 0.2) is 48.5 Å². The Balaban J connectivity index is 1.70. The van der Waals surface area contributed by atoms with Gasteiger partial charge >= 0.3 is 6.03 Å². The molecule has 0 atom stereocenters. The number of carbonyl (C=O) groups is 2. The molecule has 23 heavy (non-hydrogen) atoms. The minimum Gasteiger partial charge on any atom is -0.508 e. The number of hydrogen-bond acceptors (Lipinski definition) is 3. The molecule has 2 aromatic carbocycles. The summed E-state index contributed by atoms with van der Waals surface area (Å²) in [4.78, 5) is 23.2. The molecule has 2 rings (SSSR count). The van der Waals surface area contributed by atoms with Crippen molar-refractivity contribution in [2.75, 3.05) is 11.9 Å².